The fraction of sp³-hybridized carbons (Fsp3) is 0.429. The van der Waals surface area contributed by atoms with Crippen LogP contribution in [0.15, 0.2) is 22.7 Å². The van der Waals surface area contributed by atoms with Gasteiger partial charge in [-0.15, -0.1) is 0 Å². The number of nitrogens with one attached hydrogen (secondary N) is 1. The third kappa shape index (κ3) is 3.74. The monoisotopic (exact) mass is 355 g/mol. The molecule has 6 nitrogen and oxygen atoms in total. The van der Waals surface area contributed by atoms with E-state index in [4.69, 9.17) is 0 Å². The molecule has 0 unspecified atom stereocenters. The molecule has 1 fully saturated rings. The smallest absolute Gasteiger partial charge is 0.337 e. The van der Waals surface area contributed by atoms with E-state index < -0.39 is 5.97 Å². The second-order valence-electron chi connectivity index (χ2n) is 4.82. The number of hydrogen-bond donors (Lipinski definition) is 2. The first kappa shape index (κ1) is 15.8. The highest BCUT2D eigenvalue weighted by Gasteiger charge is 2.22. The predicted octanol–water partition coefficient (Wildman–Crippen LogP) is 2.32. The van der Waals surface area contributed by atoms with Crippen LogP contribution in [0.25, 0.3) is 0 Å². The number of piperazine rings is 1. The first-order valence-electron chi connectivity index (χ1n) is 6.83. The van der Waals surface area contributed by atoms with Crippen molar-refractivity contribution >= 4 is 33.6 Å². The van der Waals surface area contributed by atoms with Crippen LogP contribution in [0.1, 0.15) is 17.3 Å². The Morgan fingerprint density at radius 2 is 1.95 bits per heavy atom. The van der Waals surface area contributed by atoms with Gasteiger partial charge in [0.15, 0.2) is 0 Å². The van der Waals surface area contributed by atoms with Gasteiger partial charge >= 0.3 is 12.0 Å². The van der Waals surface area contributed by atoms with Crippen molar-refractivity contribution < 1.29 is 14.7 Å². The van der Waals surface area contributed by atoms with E-state index in [0.717, 1.165) is 19.6 Å². The van der Waals surface area contributed by atoms with Gasteiger partial charge in [0.25, 0.3) is 0 Å². The minimum absolute atomic E-state index is 0.0740. The maximum atomic E-state index is 12.3. The molecule has 2 N–H and O–H groups in total. The van der Waals surface area contributed by atoms with Crippen LogP contribution in [-0.2, 0) is 0 Å². The van der Waals surface area contributed by atoms with Gasteiger partial charge in [-0.05, 0) is 34.6 Å². The summed E-state index contributed by atoms with van der Waals surface area (Å²) >= 11 is 3.28. The number of carboxylic acids is 1. The van der Waals surface area contributed by atoms with Gasteiger partial charge in [-0.1, -0.05) is 13.0 Å². The van der Waals surface area contributed by atoms with Crippen LogP contribution in [0.2, 0.25) is 0 Å². The van der Waals surface area contributed by atoms with Crippen LogP contribution in [0.4, 0.5) is 10.5 Å². The zero-order chi connectivity index (χ0) is 15.4. The Hall–Kier alpha value is -1.60. The lowest BCUT2D eigenvalue weighted by Gasteiger charge is -2.34. The highest BCUT2D eigenvalue weighted by molar-refractivity contribution is 9.10. The Labute approximate surface area is 131 Å². The van der Waals surface area contributed by atoms with Gasteiger partial charge in [0, 0.05) is 30.7 Å². The number of aromatic carboxylic acids is 1. The summed E-state index contributed by atoms with van der Waals surface area (Å²) in [5, 5.41) is 11.9. The van der Waals surface area contributed by atoms with Gasteiger partial charge in [0.1, 0.15) is 0 Å². The minimum Gasteiger partial charge on any atom is -0.478 e. The molecule has 0 atom stereocenters. The number of benzene rings is 1. The maximum absolute atomic E-state index is 12.3. The first-order valence-corrected chi connectivity index (χ1v) is 7.62. The van der Waals surface area contributed by atoms with Crippen LogP contribution < -0.4 is 5.32 Å². The molecule has 7 heteroatoms. The third-order valence-electron chi connectivity index (χ3n) is 3.58. The third-order valence-corrected chi connectivity index (χ3v) is 4.24. The summed E-state index contributed by atoms with van der Waals surface area (Å²) in [4.78, 5) is 27.5. The number of likely N-dealkylation sites (N-methyl/N-ethyl adjacent to an activating group) is 1. The number of carbonyl (C=O) groups is 2. The number of urea groups is 1. The van der Waals surface area contributed by atoms with Crippen LogP contribution in [0.5, 0.6) is 0 Å². The highest BCUT2D eigenvalue weighted by Crippen LogP contribution is 2.27. The Bertz CT molecular complexity index is 542. The summed E-state index contributed by atoms with van der Waals surface area (Å²) in [5.41, 5.74) is 0.373. The lowest BCUT2D eigenvalue weighted by molar-refractivity contribution is 0.0698. The highest BCUT2D eigenvalue weighted by atomic mass is 79.9. The number of rotatable bonds is 3. The van der Waals surface area contributed by atoms with E-state index in [0.29, 0.717) is 23.2 Å². The average Bonchev–Trinajstić information content (AvgIpc) is 2.49. The molecule has 0 aliphatic carbocycles. The zero-order valence-electron chi connectivity index (χ0n) is 11.8. The summed E-state index contributed by atoms with van der Waals surface area (Å²) < 4.78 is 0.558. The van der Waals surface area contributed by atoms with Gasteiger partial charge < -0.3 is 20.2 Å². The minimum atomic E-state index is -1.07. The van der Waals surface area contributed by atoms with E-state index in [9.17, 15) is 14.7 Å². The van der Waals surface area contributed by atoms with Crippen LogP contribution in [0.3, 0.4) is 0 Å². The fourth-order valence-electron chi connectivity index (χ4n) is 2.28. The second kappa shape index (κ2) is 6.91. The Morgan fingerprint density at radius 3 is 2.52 bits per heavy atom. The summed E-state index contributed by atoms with van der Waals surface area (Å²) in [6.07, 6.45) is 0. The van der Waals surface area contributed by atoms with Gasteiger partial charge in [-0.2, -0.15) is 0 Å². The molecular weight excluding hydrogens is 338 g/mol. The number of nitrogens with zero attached hydrogens (tertiary/aromatic N) is 2. The predicted molar refractivity (Wildman–Crippen MR) is 83.8 cm³/mol. The molecule has 1 heterocycles. The normalized spacial score (nSPS) is 15.8. The van der Waals surface area contributed by atoms with Gasteiger partial charge in [-0.3, -0.25) is 0 Å². The van der Waals surface area contributed by atoms with Crippen molar-refractivity contribution in [2.45, 2.75) is 6.92 Å². The van der Waals surface area contributed by atoms with Gasteiger partial charge in [0.05, 0.1) is 11.3 Å². The molecule has 0 aromatic heterocycles. The number of amides is 2. The maximum Gasteiger partial charge on any atom is 0.337 e. The Balaban J connectivity index is 2.08. The number of hydrogen-bond acceptors (Lipinski definition) is 3. The van der Waals surface area contributed by atoms with Crippen molar-refractivity contribution in [3.8, 4) is 0 Å². The molecule has 2 rings (SSSR count). The average molecular weight is 356 g/mol. The van der Waals surface area contributed by atoms with Crippen molar-refractivity contribution in [1.82, 2.24) is 9.80 Å². The number of anilines is 1. The SMILES string of the molecule is CCN1CCN(C(=O)Nc2c(Br)cccc2C(=O)O)CC1. The standard InChI is InChI=1S/C14H18BrN3O3/c1-2-17-6-8-18(9-7-17)14(21)16-12-10(13(19)20)4-3-5-11(12)15/h3-5H,2,6-9H2,1H3,(H,16,21)(H,19,20). The van der Waals surface area contributed by atoms with E-state index in [1.165, 1.54) is 6.07 Å². The molecule has 0 bridgehead atoms. The van der Waals surface area contributed by atoms with Crippen LogP contribution in [0, 0.1) is 0 Å². The largest absolute Gasteiger partial charge is 0.478 e. The van der Waals surface area contributed by atoms with E-state index in [-0.39, 0.29) is 11.6 Å². The van der Waals surface area contributed by atoms with Crippen LogP contribution in [-0.4, -0.2) is 59.6 Å². The van der Waals surface area contributed by atoms with E-state index in [1.54, 1.807) is 17.0 Å². The molecule has 1 saturated heterocycles. The molecule has 21 heavy (non-hydrogen) atoms. The van der Waals surface area contributed by atoms with Crippen LogP contribution >= 0.6 is 15.9 Å². The van der Waals surface area contributed by atoms with Crippen molar-refractivity contribution in [2.24, 2.45) is 0 Å². The van der Waals surface area contributed by atoms with Crippen molar-refractivity contribution in [1.29, 1.82) is 0 Å². The first-order chi connectivity index (χ1) is 10.0. The Morgan fingerprint density at radius 1 is 1.29 bits per heavy atom. The number of carboxylic acid groups (broad SMARTS) is 1. The van der Waals surface area contributed by atoms with E-state index in [2.05, 4.69) is 33.1 Å². The fourth-order valence-corrected chi connectivity index (χ4v) is 2.75. The molecule has 114 valence electrons. The lowest BCUT2D eigenvalue weighted by Crippen LogP contribution is -2.49. The summed E-state index contributed by atoms with van der Waals surface area (Å²) in [7, 11) is 0. The summed E-state index contributed by atoms with van der Waals surface area (Å²) in [6, 6.07) is 4.54. The molecule has 0 spiro atoms. The zero-order valence-corrected chi connectivity index (χ0v) is 13.4. The van der Waals surface area contributed by atoms with Crippen molar-refractivity contribution in [3.05, 3.63) is 28.2 Å². The van der Waals surface area contributed by atoms with E-state index in [1.807, 2.05) is 0 Å². The molecule has 1 aromatic rings. The topological polar surface area (TPSA) is 72.9 Å². The van der Waals surface area contributed by atoms with Gasteiger partial charge in [0.2, 0.25) is 0 Å². The number of carbonyl (C=O) groups excluding carboxylic acids is 1. The molecule has 1 aliphatic rings. The Kier molecular flexibility index (Phi) is 5.19. The quantitative estimate of drug-likeness (QED) is 0.872. The lowest BCUT2D eigenvalue weighted by atomic mass is 10.2. The van der Waals surface area contributed by atoms with E-state index >= 15 is 0 Å². The molecule has 0 radical (unpaired) electrons. The van der Waals surface area contributed by atoms with Crippen molar-refractivity contribution in [2.75, 3.05) is 38.0 Å². The molecule has 1 aromatic carbocycles. The number of para-hydroxylation sites is 1. The molecule has 2 amide bonds. The summed E-state index contributed by atoms with van der Waals surface area (Å²) in [6.45, 7) is 6.04. The molecule has 1 aliphatic heterocycles. The molecule has 0 saturated carbocycles. The number of halogens is 1. The van der Waals surface area contributed by atoms with Crippen molar-refractivity contribution in [3.63, 3.8) is 0 Å². The molecular formula is C14H18BrN3O3. The summed E-state index contributed by atoms with van der Waals surface area (Å²) in [5.74, 6) is -1.07. The second-order valence-corrected chi connectivity index (χ2v) is 5.67. The van der Waals surface area contributed by atoms with Gasteiger partial charge in [-0.25, -0.2) is 9.59 Å².